The lowest BCUT2D eigenvalue weighted by Crippen LogP contribution is -2.46. The van der Waals surface area contributed by atoms with Crippen LogP contribution < -0.4 is 11.1 Å². The number of nitrogens with one attached hydrogen (secondary N) is 1. The lowest BCUT2D eigenvalue weighted by atomic mass is 9.96. The largest absolute Gasteiger partial charge is 0.369 e. The van der Waals surface area contributed by atoms with Crippen molar-refractivity contribution in [2.45, 2.75) is 12.8 Å². The summed E-state index contributed by atoms with van der Waals surface area (Å²) in [5, 5.41) is 2.41. The van der Waals surface area contributed by atoms with Crippen molar-refractivity contribution in [3.8, 4) is 0 Å². The summed E-state index contributed by atoms with van der Waals surface area (Å²) in [4.78, 5) is 36.2. The number of amides is 3. The molecular weight excluding hydrogens is 277 g/mol. The van der Waals surface area contributed by atoms with Gasteiger partial charge in [0.25, 0.3) is 0 Å². The second-order valence-electron chi connectivity index (χ2n) is 4.93. The van der Waals surface area contributed by atoms with Gasteiger partial charge in [0.2, 0.25) is 5.91 Å². The summed E-state index contributed by atoms with van der Waals surface area (Å²) in [6, 6.07) is 5.14. The first-order valence-electron chi connectivity index (χ1n) is 6.62. The third-order valence-corrected chi connectivity index (χ3v) is 3.48. The number of nitrogens with two attached hydrogens (primary N) is 1. The molecule has 6 nitrogen and oxygen atoms in total. The van der Waals surface area contributed by atoms with Crippen LogP contribution in [0.5, 0.6) is 0 Å². The first-order chi connectivity index (χ1) is 9.97. The molecule has 0 bridgehead atoms. The van der Waals surface area contributed by atoms with Crippen LogP contribution in [0.1, 0.15) is 12.8 Å². The van der Waals surface area contributed by atoms with Gasteiger partial charge in [0, 0.05) is 24.7 Å². The second-order valence-corrected chi connectivity index (χ2v) is 4.93. The third-order valence-electron chi connectivity index (χ3n) is 3.48. The average molecular weight is 293 g/mol. The third kappa shape index (κ3) is 3.77. The van der Waals surface area contributed by atoms with Gasteiger partial charge >= 0.3 is 11.8 Å². The van der Waals surface area contributed by atoms with Crippen LogP contribution in [0.4, 0.5) is 10.1 Å². The molecule has 1 aromatic rings. The molecule has 0 radical (unpaired) electrons. The maximum absolute atomic E-state index is 12.7. The van der Waals surface area contributed by atoms with Gasteiger partial charge in [-0.2, -0.15) is 0 Å². The molecule has 1 aromatic carbocycles. The predicted octanol–water partition coefficient (Wildman–Crippen LogP) is 0.488. The van der Waals surface area contributed by atoms with E-state index in [-0.39, 0.29) is 11.8 Å². The molecule has 1 aliphatic heterocycles. The molecule has 0 saturated carbocycles. The average Bonchev–Trinajstić information content (AvgIpc) is 2.49. The Balaban J connectivity index is 1.90. The van der Waals surface area contributed by atoms with Crippen molar-refractivity contribution < 1.29 is 18.8 Å². The second kappa shape index (κ2) is 6.34. The summed E-state index contributed by atoms with van der Waals surface area (Å²) in [5.74, 6) is -2.48. The van der Waals surface area contributed by atoms with E-state index in [4.69, 9.17) is 5.73 Å². The molecule has 3 N–H and O–H groups in total. The van der Waals surface area contributed by atoms with Crippen LogP contribution in [-0.4, -0.2) is 35.7 Å². The number of carbonyl (C=O) groups is 3. The molecule has 0 unspecified atom stereocenters. The van der Waals surface area contributed by atoms with E-state index in [1.807, 2.05) is 0 Å². The van der Waals surface area contributed by atoms with Gasteiger partial charge in [-0.05, 0) is 37.1 Å². The molecule has 2 rings (SSSR count). The number of likely N-dealkylation sites (tertiary alicyclic amines) is 1. The molecule has 0 aromatic heterocycles. The number of carbonyl (C=O) groups excluding carboxylic acids is 3. The molecule has 1 aliphatic rings. The minimum Gasteiger partial charge on any atom is -0.369 e. The number of primary amides is 1. The fourth-order valence-electron chi connectivity index (χ4n) is 2.23. The highest BCUT2D eigenvalue weighted by Crippen LogP contribution is 2.17. The van der Waals surface area contributed by atoms with E-state index < -0.39 is 17.6 Å². The predicted molar refractivity (Wildman–Crippen MR) is 73.5 cm³/mol. The molecule has 7 heteroatoms. The van der Waals surface area contributed by atoms with E-state index in [0.717, 1.165) is 0 Å². The van der Waals surface area contributed by atoms with Crippen LogP contribution >= 0.6 is 0 Å². The van der Waals surface area contributed by atoms with Crippen molar-refractivity contribution in [3.63, 3.8) is 0 Å². The number of anilines is 1. The Hall–Kier alpha value is -2.44. The lowest BCUT2D eigenvalue weighted by molar-refractivity contribution is -0.144. The first kappa shape index (κ1) is 15.0. The zero-order valence-corrected chi connectivity index (χ0v) is 11.3. The molecule has 21 heavy (non-hydrogen) atoms. The van der Waals surface area contributed by atoms with Crippen molar-refractivity contribution in [1.82, 2.24) is 4.90 Å². The van der Waals surface area contributed by atoms with Crippen molar-refractivity contribution >= 4 is 23.4 Å². The molecule has 0 spiro atoms. The van der Waals surface area contributed by atoms with Crippen LogP contribution in [0.15, 0.2) is 24.3 Å². The molecule has 1 heterocycles. The Bertz CT molecular complexity index is 551. The van der Waals surface area contributed by atoms with E-state index in [1.54, 1.807) is 0 Å². The molecule has 1 fully saturated rings. The van der Waals surface area contributed by atoms with Gasteiger partial charge < -0.3 is 16.0 Å². The van der Waals surface area contributed by atoms with Gasteiger partial charge in [-0.1, -0.05) is 0 Å². The topological polar surface area (TPSA) is 92.5 Å². The van der Waals surface area contributed by atoms with Crippen LogP contribution in [0.3, 0.4) is 0 Å². The zero-order chi connectivity index (χ0) is 15.4. The van der Waals surface area contributed by atoms with Crippen LogP contribution in [-0.2, 0) is 14.4 Å². The number of piperidine rings is 1. The van der Waals surface area contributed by atoms with E-state index in [9.17, 15) is 18.8 Å². The minimum absolute atomic E-state index is 0.241. The molecule has 0 atom stereocenters. The van der Waals surface area contributed by atoms with Crippen LogP contribution in [0.25, 0.3) is 0 Å². The van der Waals surface area contributed by atoms with Gasteiger partial charge in [-0.3, -0.25) is 14.4 Å². The minimum atomic E-state index is -0.779. The maximum Gasteiger partial charge on any atom is 0.313 e. The number of halogens is 1. The first-order valence-corrected chi connectivity index (χ1v) is 6.62. The number of rotatable bonds is 2. The number of benzene rings is 1. The van der Waals surface area contributed by atoms with Crippen molar-refractivity contribution in [2.75, 3.05) is 18.4 Å². The lowest BCUT2D eigenvalue weighted by Gasteiger charge is -2.29. The fraction of sp³-hybridized carbons (Fsp3) is 0.357. The smallest absolute Gasteiger partial charge is 0.313 e. The zero-order valence-electron chi connectivity index (χ0n) is 11.3. The summed E-state index contributed by atoms with van der Waals surface area (Å²) in [6.45, 7) is 0.645. The molecule has 0 aliphatic carbocycles. The fourth-order valence-corrected chi connectivity index (χ4v) is 2.23. The van der Waals surface area contributed by atoms with Gasteiger partial charge in [0.1, 0.15) is 5.82 Å². The van der Waals surface area contributed by atoms with Gasteiger partial charge in [-0.15, -0.1) is 0 Å². The highest BCUT2D eigenvalue weighted by Gasteiger charge is 2.29. The Kier molecular flexibility index (Phi) is 4.52. The Morgan fingerprint density at radius 2 is 1.71 bits per heavy atom. The molecular formula is C14H16FN3O3. The SMILES string of the molecule is NC(=O)C1CCN(C(=O)C(=O)Nc2ccc(F)cc2)CC1. The molecule has 1 saturated heterocycles. The van der Waals surface area contributed by atoms with E-state index >= 15 is 0 Å². The standard InChI is InChI=1S/C14H16FN3O3/c15-10-1-3-11(4-2-10)17-13(20)14(21)18-7-5-9(6-8-18)12(16)19/h1-4,9H,5-8H2,(H2,16,19)(H,17,20). The van der Waals surface area contributed by atoms with Crippen molar-refractivity contribution in [2.24, 2.45) is 11.7 Å². The Morgan fingerprint density at radius 3 is 2.24 bits per heavy atom. The van der Waals surface area contributed by atoms with Crippen LogP contribution in [0.2, 0.25) is 0 Å². The number of hydrogen-bond acceptors (Lipinski definition) is 3. The summed E-state index contributed by atoms with van der Waals surface area (Å²) in [6.07, 6.45) is 0.926. The van der Waals surface area contributed by atoms with Gasteiger partial charge in [0.15, 0.2) is 0 Å². The summed E-state index contributed by atoms with van der Waals surface area (Å²) < 4.78 is 12.7. The molecule has 112 valence electrons. The maximum atomic E-state index is 12.7. The Labute approximate surface area is 121 Å². The normalized spacial score (nSPS) is 15.6. The van der Waals surface area contributed by atoms with Gasteiger partial charge in [-0.25, -0.2) is 4.39 Å². The van der Waals surface area contributed by atoms with E-state index in [0.29, 0.717) is 31.6 Å². The highest BCUT2D eigenvalue weighted by atomic mass is 19.1. The number of hydrogen-bond donors (Lipinski definition) is 2. The summed E-state index contributed by atoms with van der Waals surface area (Å²) in [7, 11) is 0. The quantitative estimate of drug-likeness (QED) is 0.777. The van der Waals surface area contributed by atoms with Crippen molar-refractivity contribution in [3.05, 3.63) is 30.1 Å². The Morgan fingerprint density at radius 1 is 1.14 bits per heavy atom. The van der Waals surface area contributed by atoms with E-state index in [1.165, 1.54) is 29.2 Å². The summed E-state index contributed by atoms with van der Waals surface area (Å²) >= 11 is 0. The highest BCUT2D eigenvalue weighted by molar-refractivity contribution is 6.39. The summed E-state index contributed by atoms with van der Waals surface area (Å²) in [5.41, 5.74) is 5.56. The van der Waals surface area contributed by atoms with Gasteiger partial charge in [0.05, 0.1) is 0 Å². The van der Waals surface area contributed by atoms with E-state index in [2.05, 4.69) is 5.32 Å². The molecule has 3 amide bonds. The van der Waals surface area contributed by atoms with Crippen molar-refractivity contribution in [1.29, 1.82) is 0 Å². The monoisotopic (exact) mass is 293 g/mol. The van der Waals surface area contributed by atoms with Crippen LogP contribution in [0, 0.1) is 11.7 Å². The number of nitrogens with zero attached hydrogens (tertiary/aromatic N) is 1.